The Morgan fingerprint density at radius 2 is 1.74 bits per heavy atom. The van der Waals surface area contributed by atoms with Crippen LogP contribution < -0.4 is 4.74 Å². The Morgan fingerprint density at radius 1 is 1.03 bits per heavy atom. The van der Waals surface area contributed by atoms with Gasteiger partial charge in [-0.05, 0) is 64.2 Å². The van der Waals surface area contributed by atoms with Crippen molar-refractivity contribution in [1.82, 2.24) is 0 Å². The minimum Gasteiger partial charge on any atom is -0.507 e. The zero-order valence-corrected chi connectivity index (χ0v) is 22.3. The number of phenols is 1. The van der Waals surface area contributed by atoms with Gasteiger partial charge in [0.1, 0.15) is 17.1 Å². The van der Waals surface area contributed by atoms with Gasteiger partial charge in [-0.3, -0.25) is 0 Å². The molecule has 0 radical (unpaired) electrons. The lowest BCUT2D eigenvalue weighted by Gasteiger charge is -2.47. The second-order valence-electron chi connectivity index (χ2n) is 11.4. The molecule has 3 unspecified atom stereocenters. The summed E-state index contributed by atoms with van der Waals surface area (Å²) in [6.45, 7) is 10.9. The lowest BCUT2D eigenvalue weighted by molar-refractivity contribution is 0.00759. The topological polar surface area (TPSA) is 49.7 Å². The lowest BCUT2D eigenvalue weighted by atomic mass is 9.67. The van der Waals surface area contributed by atoms with Gasteiger partial charge in [-0.15, -0.1) is 0 Å². The third-order valence-corrected chi connectivity index (χ3v) is 8.01. The van der Waals surface area contributed by atoms with Crippen LogP contribution in [0.25, 0.3) is 6.08 Å². The van der Waals surface area contributed by atoms with Crippen LogP contribution in [0, 0.1) is 5.92 Å². The van der Waals surface area contributed by atoms with Crippen LogP contribution >= 0.6 is 0 Å². The van der Waals surface area contributed by atoms with E-state index < -0.39 is 5.60 Å². The van der Waals surface area contributed by atoms with Gasteiger partial charge in [-0.25, -0.2) is 0 Å². The lowest BCUT2D eigenvalue weighted by Crippen LogP contribution is -2.45. The average Bonchev–Trinajstić information content (AvgIpc) is 2.76. The Bertz CT molecular complexity index is 866. The molecule has 0 aromatic heterocycles. The van der Waals surface area contributed by atoms with Gasteiger partial charge in [0.15, 0.2) is 0 Å². The monoisotopic (exact) mass is 468 g/mol. The van der Waals surface area contributed by atoms with Crippen molar-refractivity contribution in [3.8, 4) is 11.5 Å². The molecule has 0 fully saturated rings. The largest absolute Gasteiger partial charge is 0.507 e. The van der Waals surface area contributed by atoms with Crippen LogP contribution in [0.3, 0.4) is 0 Å². The minimum absolute atomic E-state index is 0.274. The van der Waals surface area contributed by atoms with Crippen molar-refractivity contribution in [3.63, 3.8) is 0 Å². The summed E-state index contributed by atoms with van der Waals surface area (Å²) < 4.78 is 6.46. The summed E-state index contributed by atoms with van der Waals surface area (Å²) in [7, 11) is 0. The zero-order chi connectivity index (χ0) is 24.8. The molecule has 1 aromatic rings. The normalized spacial score (nSPS) is 23.1. The van der Waals surface area contributed by atoms with Crippen molar-refractivity contribution in [2.24, 2.45) is 5.92 Å². The Balaban J connectivity index is 1.72. The van der Waals surface area contributed by atoms with E-state index in [0.717, 1.165) is 55.4 Å². The molecule has 34 heavy (non-hydrogen) atoms. The maximum atomic E-state index is 11.3. The summed E-state index contributed by atoms with van der Waals surface area (Å²) in [5.41, 5.74) is 2.18. The number of ether oxygens (including phenoxy) is 1. The third-order valence-electron chi connectivity index (χ3n) is 8.01. The molecule has 3 nitrogen and oxygen atoms in total. The van der Waals surface area contributed by atoms with Gasteiger partial charge in [-0.2, -0.15) is 0 Å². The Morgan fingerprint density at radius 3 is 2.44 bits per heavy atom. The van der Waals surface area contributed by atoms with Crippen LogP contribution in [-0.4, -0.2) is 21.4 Å². The first kappa shape index (κ1) is 26.9. The Hall–Kier alpha value is -1.74. The maximum absolute atomic E-state index is 11.3. The van der Waals surface area contributed by atoms with Crippen molar-refractivity contribution in [2.45, 2.75) is 129 Å². The maximum Gasteiger partial charge on any atom is 0.127 e. The van der Waals surface area contributed by atoms with E-state index in [0.29, 0.717) is 11.7 Å². The van der Waals surface area contributed by atoms with Crippen LogP contribution in [0.15, 0.2) is 29.9 Å². The molecular weight excluding hydrogens is 420 g/mol. The number of hydrogen-bond donors (Lipinski definition) is 2. The fraction of sp³-hybridized carbons (Fsp3) is 0.677. The van der Waals surface area contributed by atoms with Crippen molar-refractivity contribution in [3.05, 3.63) is 41.0 Å². The van der Waals surface area contributed by atoms with Crippen LogP contribution in [0.2, 0.25) is 0 Å². The summed E-state index contributed by atoms with van der Waals surface area (Å²) in [6.07, 6.45) is 19.5. The summed E-state index contributed by atoms with van der Waals surface area (Å²) >= 11 is 0. The summed E-state index contributed by atoms with van der Waals surface area (Å²) in [4.78, 5) is 0. The fourth-order valence-electron chi connectivity index (χ4n) is 6.05. The van der Waals surface area contributed by atoms with Crippen molar-refractivity contribution in [2.75, 3.05) is 0 Å². The van der Waals surface area contributed by atoms with E-state index in [1.807, 2.05) is 18.2 Å². The first-order chi connectivity index (χ1) is 16.2. The van der Waals surface area contributed by atoms with Crippen LogP contribution in [0.1, 0.15) is 129 Å². The molecule has 3 rings (SSSR count). The number of allylic oxidation sites excluding steroid dienone is 2. The molecule has 1 aliphatic carbocycles. The third kappa shape index (κ3) is 6.68. The highest BCUT2D eigenvalue weighted by Gasteiger charge is 2.45. The SMILES string of the molecule is CCCCCCCCCC(O)(C=Cc1cc(O)c2c(c1)OC(C)(C)C1CC=C(C)CC21)CCC. The van der Waals surface area contributed by atoms with Crippen molar-refractivity contribution < 1.29 is 14.9 Å². The summed E-state index contributed by atoms with van der Waals surface area (Å²) in [6, 6.07) is 3.90. The van der Waals surface area contributed by atoms with E-state index in [2.05, 4.69) is 46.8 Å². The van der Waals surface area contributed by atoms with E-state index in [-0.39, 0.29) is 11.5 Å². The molecule has 0 saturated carbocycles. The van der Waals surface area contributed by atoms with E-state index in [1.54, 1.807) is 0 Å². The van der Waals surface area contributed by atoms with Gasteiger partial charge in [0.25, 0.3) is 0 Å². The number of aliphatic hydroxyl groups is 1. The van der Waals surface area contributed by atoms with Crippen molar-refractivity contribution >= 4 is 6.08 Å². The van der Waals surface area contributed by atoms with Gasteiger partial charge >= 0.3 is 0 Å². The molecule has 1 aliphatic heterocycles. The number of phenolic OH excluding ortho intramolecular Hbond substituents is 1. The first-order valence-electron chi connectivity index (χ1n) is 13.8. The fourth-order valence-corrected chi connectivity index (χ4v) is 6.05. The predicted molar refractivity (Wildman–Crippen MR) is 144 cm³/mol. The molecule has 3 atom stereocenters. The van der Waals surface area contributed by atoms with Gasteiger partial charge < -0.3 is 14.9 Å². The molecule has 0 saturated heterocycles. The molecule has 1 aromatic carbocycles. The Kier molecular flexibility index (Phi) is 9.32. The van der Waals surface area contributed by atoms with Gasteiger partial charge in [0.2, 0.25) is 0 Å². The molecule has 0 bridgehead atoms. The molecule has 3 heteroatoms. The van der Waals surface area contributed by atoms with E-state index in [9.17, 15) is 10.2 Å². The van der Waals surface area contributed by atoms with Crippen LogP contribution in [-0.2, 0) is 0 Å². The molecule has 0 spiro atoms. The highest BCUT2D eigenvalue weighted by Crippen LogP contribution is 2.54. The number of unbranched alkanes of at least 4 members (excludes halogenated alkanes) is 6. The molecule has 1 heterocycles. The highest BCUT2D eigenvalue weighted by molar-refractivity contribution is 5.61. The summed E-state index contributed by atoms with van der Waals surface area (Å²) in [5, 5.41) is 22.3. The summed E-state index contributed by atoms with van der Waals surface area (Å²) in [5.74, 6) is 1.78. The quantitative estimate of drug-likeness (QED) is 0.238. The first-order valence-corrected chi connectivity index (χ1v) is 13.8. The van der Waals surface area contributed by atoms with Crippen LogP contribution in [0.5, 0.6) is 11.5 Å². The molecule has 2 N–H and O–H groups in total. The number of aromatic hydroxyl groups is 1. The minimum atomic E-state index is -0.791. The molecule has 2 aliphatic rings. The van der Waals surface area contributed by atoms with Gasteiger partial charge in [0.05, 0.1) is 5.60 Å². The van der Waals surface area contributed by atoms with E-state index in [4.69, 9.17) is 4.74 Å². The number of benzene rings is 1. The highest BCUT2D eigenvalue weighted by atomic mass is 16.5. The second kappa shape index (κ2) is 11.8. The Labute approximate surface area is 208 Å². The predicted octanol–water partition coefficient (Wildman–Crippen LogP) is 8.69. The molecule has 0 amide bonds. The second-order valence-corrected chi connectivity index (χ2v) is 11.4. The zero-order valence-electron chi connectivity index (χ0n) is 22.3. The van der Waals surface area contributed by atoms with Crippen molar-refractivity contribution in [1.29, 1.82) is 0 Å². The number of fused-ring (bicyclic) bond motifs is 3. The average molecular weight is 469 g/mol. The van der Waals surface area contributed by atoms with Crippen LogP contribution in [0.4, 0.5) is 0 Å². The smallest absolute Gasteiger partial charge is 0.127 e. The molecular formula is C31H48O3. The standard InChI is InChI=1S/C31H48O3/c1-6-8-9-10-11-12-13-18-31(33,17-7-2)19-16-24-21-27(32)29-25-20-23(3)14-15-26(25)30(4,5)34-28(29)22-24/h14,16,19,21-22,25-26,32-33H,6-13,15,17-18,20H2,1-5H3. The number of hydrogen-bond acceptors (Lipinski definition) is 3. The molecule has 190 valence electrons. The van der Waals surface area contributed by atoms with E-state index >= 15 is 0 Å². The van der Waals surface area contributed by atoms with Gasteiger partial charge in [0, 0.05) is 17.4 Å². The number of rotatable bonds is 12. The van der Waals surface area contributed by atoms with Gasteiger partial charge in [-0.1, -0.05) is 89.0 Å². The van der Waals surface area contributed by atoms with E-state index in [1.165, 1.54) is 44.1 Å².